The highest BCUT2D eigenvalue weighted by Gasteiger charge is 2.27. The van der Waals surface area contributed by atoms with Gasteiger partial charge in [0.05, 0.1) is 5.92 Å². The Morgan fingerprint density at radius 3 is 2.77 bits per heavy atom. The van der Waals surface area contributed by atoms with E-state index < -0.39 is 0 Å². The largest absolute Gasteiger partial charge is 0.369 e. The first-order chi connectivity index (χ1) is 10.6. The number of carbonyl (C=O) groups excluding carboxylic acids is 2. The van der Waals surface area contributed by atoms with Gasteiger partial charge in [-0.2, -0.15) is 0 Å². The SMILES string of the molecule is C[C@H](CCc1ccccc1)NC(=O)N1CCC[C@@H](C(N)=O)C1. The molecule has 1 fully saturated rings. The third-order valence-electron chi connectivity index (χ3n) is 4.19. The fourth-order valence-corrected chi connectivity index (χ4v) is 2.80. The molecule has 3 amide bonds. The molecule has 3 N–H and O–H groups in total. The number of hydrogen-bond donors (Lipinski definition) is 2. The second kappa shape index (κ2) is 7.82. The number of carbonyl (C=O) groups is 2. The summed E-state index contributed by atoms with van der Waals surface area (Å²) in [7, 11) is 0. The molecule has 5 heteroatoms. The minimum Gasteiger partial charge on any atom is -0.369 e. The monoisotopic (exact) mass is 303 g/mol. The number of amides is 3. The van der Waals surface area contributed by atoms with E-state index >= 15 is 0 Å². The molecule has 0 saturated carbocycles. The molecule has 1 aromatic rings. The molecule has 22 heavy (non-hydrogen) atoms. The summed E-state index contributed by atoms with van der Waals surface area (Å²) in [6.45, 7) is 3.14. The van der Waals surface area contributed by atoms with Gasteiger partial charge in [0.25, 0.3) is 0 Å². The molecule has 2 atom stereocenters. The summed E-state index contributed by atoms with van der Waals surface area (Å²) in [5.41, 5.74) is 6.62. The molecule has 1 aromatic carbocycles. The molecule has 0 aromatic heterocycles. The van der Waals surface area contributed by atoms with Crippen LogP contribution in [0.5, 0.6) is 0 Å². The summed E-state index contributed by atoms with van der Waals surface area (Å²) in [4.78, 5) is 25.2. The Balaban J connectivity index is 1.77. The van der Waals surface area contributed by atoms with E-state index in [1.165, 1.54) is 5.56 Å². The Morgan fingerprint density at radius 2 is 2.09 bits per heavy atom. The van der Waals surface area contributed by atoms with Crippen LogP contribution in [0.2, 0.25) is 0 Å². The zero-order chi connectivity index (χ0) is 15.9. The van der Waals surface area contributed by atoms with Crippen LogP contribution in [0, 0.1) is 5.92 Å². The summed E-state index contributed by atoms with van der Waals surface area (Å²) in [5, 5.41) is 3.01. The Bertz CT molecular complexity index is 504. The summed E-state index contributed by atoms with van der Waals surface area (Å²) in [5.74, 6) is -0.520. The number of likely N-dealkylation sites (tertiary alicyclic amines) is 1. The molecule has 1 heterocycles. The standard InChI is InChI=1S/C17H25N3O2/c1-13(9-10-14-6-3-2-4-7-14)19-17(22)20-11-5-8-15(12-20)16(18)21/h2-4,6-7,13,15H,5,8-12H2,1H3,(H2,18,21)(H,19,22)/t13-,15-/m1/s1. The maximum Gasteiger partial charge on any atom is 0.317 e. The van der Waals surface area contributed by atoms with Gasteiger partial charge in [0, 0.05) is 19.1 Å². The van der Waals surface area contributed by atoms with Crippen molar-refractivity contribution in [2.75, 3.05) is 13.1 Å². The van der Waals surface area contributed by atoms with E-state index in [0.717, 1.165) is 25.7 Å². The fourth-order valence-electron chi connectivity index (χ4n) is 2.80. The summed E-state index contributed by atoms with van der Waals surface area (Å²) in [6, 6.07) is 10.2. The Labute approximate surface area is 131 Å². The molecule has 0 aliphatic carbocycles. The van der Waals surface area contributed by atoms with Gasteiger partial charge in [0.2, 0.25) is 5.91 Å². The average molecular weight is 303 g/mol. The lowest BCUT2D eigenvalue weighted by Crippen LogP contribution is -2.50. The van der Waals surface area contributed by atoms with E-state index in [0.29, 0.717) is 13.1 Å². The van der Waals surface area contributed by atoms with Gasteiger partial charge in [-0.3, -0.25) is 4.79 Å². The molecule has 5 nitrogen and oxygen atoms in total. The normalized spacial score (nSPS) is 19.5. The number of aryl methyl sites for hydroxylation is 1. The van der Waals surface area contributed by atoms with Gasteiger partial charge < -0.3 is 16.0 Å². The highest BCUT2D eigenvalue weighted by atomic mass is 16.2. The second-order valence-corrected chi connectivity index (χ2v) is 6.06. The van der Waals surface area contributed by atoms with E-state index in [4.69, 9.17) is 5.73 Å². The predicted octanol–water partition coefficient (Wildman–Crippen LogP) is 1.91. The zero-order valence-electron chi connectivity index (χ0n) is 13.1. The van der Waals surface area contributed by atoms with Crippen LogP contribution in [-0.2, 0) is 11.2 Å². The minimum atomic E-state index is -0.311. The quantitative estimate of drug-likeness (QED) is 0.872. The van der Waals surface area contributed by atoms with Crippen LogP contribution in [0.3, 0.4) is 0 Å². The zero-order valence-corrected chi connectivity index (χ0v) is 13.1. The van der Waals surface area contributed by atoms with Crippen molar-refractivity contribution in [3.05, 3.63) is 35.9 Å². The minimum absolute atomic E-state index is 0.0912. The number of benzene rings is 1. The highest BCUT2D eigenvalue weighted by Crippen LogP contribution is 2.16. The predicted molar refractivity (Wildman–Crippen MR) is 86.2 cm³/mol. The average Bonchev–Trinajstić information content (AvgIpc) is 2.54. The van der Waals surface area contributed by atoms with Crippen molar-refractivity contribution >= 4 is 11.9 Å². The van der Waals surface area contributed by atoms with E-state index in [9.17, 15) is 9.59 Å². The van der Waals surface area contributed by atoms with Gasteiger partial charge >= 0.3 is 6.03 Å². The first kappa shape index (κ1) is 16.3. The highest BCUT2D eigenvalue weighted by molar-refractivity contribution is 5.79. The van der Waals surface area contributed by atoms with Crippen molar-refractivity contribution in [3.8, 4) is 0 Å². The lowest BCUT2D eigenvalue weighted by atomic mass is 9.98. The van der Waals surface area contributed by atoms with Crippen LogP contribution in [0.1, 0.15) is 31.7 Å². The molecular formula is C17H25N3O2. The summed E-state index contributed by atoms with van der Waals surface area (Å²) >= 11 is 0. The second-order valence-electron chi connectivity index (χ2n) is 6.06. The van der Waals surface area contributed by atoms with Crippen LogP contribution >= 0.6 is 0 Å². The van der Waals surface area contributed by atoms with Gasteiger partial charge in [-0.1, -0.05) is 30.3 Å². The molecule has 0 unspecified atom stereocenters. The van der Waals surface area contributed by atoms with E-state index in [1.54, 1.807) is 4.90 Å². The van der Waals surface area contributed by atoms with Crippen LogP contribution in [0.4, 0.5) is 4.79 Å². The van der Waals surface area contributed by atoms with Gasteiger partial charge in [-0.25, -0.2) is 4.79 Å². The van der Waals surface area contributed by atoms with Crippen molar-refractivity contribution in [3.63, 3.8) is 0 Å². The van der Waals surface area contributed by atoms with E-state index in [2.05, 4.69) is 17.4 Å². The maximum absolute atomic E-state index is 12.3. The lowest BCUT2D eigenvalue weighted by Gasteiger charge is -2.32. The molecule has 1 aliphatic heterocycles. The third kappa shape index (κ3) is 4.76. The van der Waals surface area contributed by atoms with E-state index in [1.807, 2.05) is 25.1 Å². The lowest BCUT2D eigenvalue weighted by molar-refractivity contribution is -0.123. The van der Waals surface area contributed by atoms with Crippen molar-refractivity contribution in [1.82, 2.24) is 10.2 Å². The molecule has 1 saturated heterocycles. The van der Waals surface area contributed by atoms with Crippen molar-refractivity contribution < 1.29 is 9.59 Å². The number of piperidine rings is 1. The fraction of sp³-hybridized carbons (Fsp3) is 0.529. The van der Waals surface area contributed by atoms with Crippen LogP contribution < -0.4 is 11.1 Å². The van der Waals surface area contributed by atoms with Gasteiger partial charge in [-0.15, -0.1) is 0 Å². The Hall–Kier alpha value is -2.04. The molecular weight excluding hydrogens is 278 g/mol. The molecule has 120 valence electrons. The number of nitrogens with zero attached hydrogens (tertiary/aromatic N) is 1. The maximum atomic E-state index is 12.3. The van der Waals surface area contributed by atoms with Crippen molar-refractivity contribution in [2.24, 2.45) is 11.7 Å². The topological polar surface area (TPSA) is 75.4 Å². The molecule has 0 bridgehead atoms. The van der Waals surface area contributed by atoms with Crippen LogP contribution in [-0.4, -0.2) is 36.0 Å². The number of nitrogens with two attached hydrogens (primary N) is 1. The van der Waals surface area contributed by atoms with Crippen LogP contribution in [0.25, 0.3) is 0 Å². The van der Waals surface area contributed by atoms with Crippen LogP contribution in [0.15, 0.2) is 30.3 Å². The molecule has 1 aliphatic rings. The molecule has 2 rings (SSSR count). The number of hydrogen-bond acceptors (Lipinski definition) is 2. The molecule has 0 spiro atoms. The smallest absolute Gasteiger partial charge is 0.317 e. The number of primary amides is 1. The number of rotatable bonds is 5. The molecule has 0 radical (unpaired) electrons. The Kier molecular flexibility index (Phi) is 5.81. The van der Waals surface area contributed by atoms with Crippen molar-refractivity contribution in [2.45, 2.75) is 38.6 Å². The first-order valence-electron chi connectivity index (χ1n) is 7.95. The third-order valence-corrected chi connectivity index (χ3v) is 4.19. The van der Waals surface area contributed by atoms with Gasteiger partial charge in [-0.05, 0) is 38.2 Å². The number of nitrogens with one attached hydrogen (secondary N) is 1. The summed E-state index contributed by atoms with van der Waals surface area (Å²) in [6.07, 6.45) is 3.44. The Morgan fingerprint density at radius 1 is 1.36 bits per heavy atom. The van der Waals surface area contributed by atoms with Gasteiger partial charge in [0.15, 0.2) is 0 Å². The van der Waals surface area contributed by atoms with Crippen molar-refractivity contribution in [1.29, 1.82) is 0 Å². The van der Waals surface area contributed by atoms with Gasteiger partial charge in [0.1, 0.15) is 0 Å². The first-order valence-corrected chi connectivity index (χ1v) is 7.95. The summed E-state index contributed by atoms with van der Waals surface area (Å²) < 4.78 is 0. The van der Waals surface area contributed by atoms with E-state index in [-0.39, 0.29) is 23.9 Å². The number of urea groups is 1.